The van der Waals surface area contributed by atoms with Crippen molar-refractivity contribution in [2.24, 2.45) is 5.92 Å². The van der Waals surface area contributed by atoms with Crippen molar-refractivity contribution >= 4 is 23.5 Å². The van der Waals surface area contributed by atoms with Crippen LogP contribution >= 0.6 is 0 Å². The lowest BCUT2D eigenvalue weighted by Gasteiger charge is -2.14. The zero-order valence-corrected chi connectivity index (χ0v) is 16.2. The lowest BCUT2D eigenvalue weighted by molar-refractivity contribution is -0.141. The van der Waals surface area contributed by atoms with Gasteiger partial charge in [-0.15, -0.1) is 0 Å². The molecule has 0 aliphatic carbocycles. The van der Waals surface area contributed by atoms with Crippen LogP contribution in [0.2, 0.25) is 0 Å². The van der Waals surface area contributed by atoms with Crippen LogP contribution in [0.4, 0.5) is 5.69 Å². The minimum atomic E-state index is -0.925. The third-order valence-corrected chi connectivity index (χ3v) is 4.83. The SMILES string of the molecule is CCCC(CNC(=O)c1cccc(NC(=O)C2Cc3ccccc3O2)c1)C(=O)O. The van der Waals surface area contributed by atoms with Crippen LogP contribution in [0, 0.1) is 5.92 Å². The summed E-state index contributed by atoms with van der Waals surface area (Å²) in [4.78, 5) is 36.1. The standard InChI is InChI=1S/C22H24N2O5/c1-2-6-16(22(27)28)13-23-20(25)15-8-5-9-17(11-15)24-21(26)19-12-14-7-3-4-10-18(14)29-19/h3-5,7-11,16,19H,2,6,12-13H2,1H3,(H,23,25)(H,24,26)(H,27,28). The minimum absolute atomic E-state index is 0.0623. The highest BCUT2D eigenvalue weighted by molar-refractivity contribution is 5.98. The third-order valence-electron chi connectivity index (χ3n) is 4.83. The van der Waals surface area contributed by atoms with Crippen LogP contribution < -0.4 is 15.4 Å². The highest BCUT2D eigenvalue weighted by Crippen LogP contribution is 2.28. The molecule has 0 bridgehead atoms. The molecule has 1 aliphatic heterocycles. The Hall–Kier alpha value is -3.35. The van der Waals surface area contributed by atoms with Gasteiger partial charge in [-0.25, -0.2) is 0 Å². The lowest BCUT2D eigenvalue weighted by Crippen LogP contribution is -2.33. The van der Waals surface area contributed by atoms with Crippen LogP contribution in [0.1, 0.15) is 35.7 Å². The van der Waals surface area contributed by atoms with Gasteiger partial charge in [-0.05, 0) is 36.2 Å². The van der Waals surface area contributed by atoms with Crippen LogP contribution in [0.15, 0.2) is 48.5 Å². The van der Waals surface area contributed by atoms with E-state index in [1.54, 1.807) is 24.3 Å². The van der Waals surface area contributed by atoms with E-state index in [1.807, 2.05) is 31.2 Å². The molecule has 0 radical (unpaired) electrons. The van der Waals surface area contributed by atoms with Gasteiger partial charge in [0.15, 0.2) is 6.10 Å². The van der Waals surface area contributed by atoms with Crippen LogP contribution in [0.3, 0.4) is 0 Å². The molecule has 0 aromatic heterocycles. The van der Waals surface area contributed by atoms with Gasteiger partial charge in [0.05, 0.1) is 5.92 Å². The number of benzene rings is 2. The number of ether oxygens (including phenoxy) is 1. The summed E-state index contributed by atoms with van der Waals surface area (Å²) in [6, 6.07) is 14.0. The van der Waals surface area contributed by atoms with Gasteiger partial charge >= 0.3 is 5.97 Å². The molecule has 2 atom stereocenters. The first-order valence-corrected chi connectivity index (χ1v) is 9.64. The highest BCUT2D eigenvalue weighted by atomic mass is 16.5. The van der Waals surface area contributed by atoms with E-state index in [-0.39, 0.29) is 18.4 Å². The fourth-order valence-corrected chi connectivity index (χ4v) is 3.27. The van der Waals surface area contributed by atoms with E-state index >= 15 is 0 Å². The molecule has 1 heterocycles. The molecule has 1 aliphatic rings. The molecule has 3 N–H and O–H groups in total. The van der Waals surface area contributed by atoms with Crippen LogP contribution in [0.5, 0.6) is 5.75 Å². The van der Waals surface area contributed by atoms with E-state index in [4.69, 9.17) is 4.74 Å². The molecule has 7 heteroatoms. The molecule has 7 nitrogen and oxygen atoms in total. The molecule has 0 saturated carbocycles. The zero-order chi connectivity index (χ0) is 20.8. The van der Waals surface area contributed by atoms with Crippen molar-refractivity contribution in [2.75, 3.05) is 11.9 Å². The number of carboxylic acid groups (broad SMARTS) is 1. The fourth-order valence-electron chi connectivity index (χ4n) is 3.27. The molecular weight excluding hydrogens is 372 g/mol. The largest absolute Gasteiger partial charge is 0.481 e. The summed E-state index contributed by atoms with van der Waals surface area (Å²) in [7, 11) is 0. The number of nitrogens with one attached hydrogen (secondary N) is 2. The maximum Gasteiger partial charge on any atom is 0.308 e. The number of aliphatic carboxylic acids is 1. The first-order valence-electron chi connectivity index (χ1n) is 9.64. The van der Waals surface area contributed by atoms with Gasteiger partial charge in [-0.1, -0.05) is 37.6 Å². The number of carboxylic acids is 1. The normalized spacial score (nSPS) is 15.7. The predicted octanol–water partition coefficient (Wildman–Crippen LogP) is 2.86. The number of hydrogen-bond donors (Lipinski definition) is 3. The number of fused-ring (bicyclic) bond motifs is 1. The van der Waals surface area contributed by atoms with Crippen molar-refractivity contribution in [1.82, 2.24) is 5.32 Å². The van der Waals surface area contributed by atoms with Gasteiger partial charge in [0.2, 0.25) is 0 Å². The molecule has 152 valence electrons. The summed E-state index contributed by atoms with van der Waals surface area (Å²) in [6.07, 6.45) is 1.10. The summed E-state index contributed by atoms with van der Waals surface area (Å²) < 4.78 is 5.68. The quantitative estimate of drug-likeness (QED) is 0.636. The Morgan fingerprint density at radius 2 is 1.97 bits per heavy atom. The van der Waals surface area contributed by atoms with Crippen molar-refractivity contribution in [3.8, 4) is 5.75 Å². The van der Waals surface area contributed by atoms with Crippen molar-refractivity contribution in [2.45, 2.75) is 32.3 Å². The van der Waals surface area contributed by atoms with E-state index in [1.165, 1.54) is 0 Å². The monoisotopic (exact) mass is 396 g/mol. The number of carbonyl (C=O) groups excluding carboxylic acids is 2. The second-order valence-corrected chi connectivity index (χ2v) is 7.02. The van der Waals surface area contributed by atoms with E-state index < -0.39 is 18.0 Å². The molecule has 0 spiro atoms. The Kier molecular flexibility index (Phi) is 6.49. The third kappa shape index (κ3) is 5.13. The zero-order valence-electron chi connectivity index (χ0n) is 16.2. The minimum Gasteiger partial charge on any atom is -0.481 e. The highest BCUT2D eigenvalue weighted by Gasteiger charge is 2.28. The second-order valence-electron chi connectivity index (χ2n) is 7.02. The molecule has 0 saturated heterocycles. The molecule has 2 aromatic carbocycles. The van der Waals surface area contributed by atoms with Crippen LogP contribution in [-0.4, -0.2) is 35.5 Å². The molecular formula is C22H24N2O5. The van der Waals surface area contributed by atoms with Gasteiger partial charge in [0, 0.05) is 24.2 Å². The average molecular weight is 396 g/mol. The van der Waals surface area contributed by atoms with Gasteiger partial charge in [0.1, 0.15) is 5.75 Å². The summed E-state index contributed by atoms with van der Waals surface area (Å²) in [6.45, 7) is 1.96. The number of hydrogen-bond acceptors (Lipinski definition) is 4. The first-order chi connectivity index (χ1) is 14.0. The second kappa shape index (κ2) is 9.23. The molecule has 3 rings (SSSR count). The molecule has 0 fully saturated rings. The average Bonchev–Trinajstić information content (AvgIpc) is 3.15. The van der Waals surface area contributed by atoms with Gasteiger partial charge < -0.3 is 20.5 Å². The van der Waals surface area contributed by atoms with Crippen LogP contribution in [0.25, 0.3) is 0 Å². The van der Waals surface area contributed by atoms with Crippen molar-refractivity contribution in [3.05, 3.63) is 59.7 Å². The van der Waals surface area contributed by atoms with E-state index in [2.05, 4.69) is 10.6 Å². The van der Waals surface area contributed by atoms with Gasteiger partial charge in [-0.3, -0.25) is 14.4 Å². The number of rotatable bonds is 8. The molecule has 2 aromatic rings. The molecule has 2 amide bonds. The van der Waals surface area contributed by atoms with Crippen molar-refractivity contribution in [1.29, 1.82) is 0 Å². The first kappa shape index (κ1) is 20.4. The Labute approximate surface area is 169 Å². The lowest BCUT2D eigenvalue weighted by atomic mass is 10.0. The summed E-state index contributed by atoms with van der Waals surface area (Å²) in [5.74, 6) is -1.50. The molecule has 2 unspecified atom stereocenters. The van der Waals surface area contributed by atoms with Crippen molar-refractivity contribution in [3.63, 3.8) is 0 Å². The summed E-state index contributed by atoms with van der Waals surface area (Å²) in [5, 5.41) is 14.6. The maximum atomic E-state index is 12.5. The number of carbonyl (C=O) groups is 3. The Bertz CT molecular complexity index is 887. The smallest absolute Gasteiger partial charge is 0.308 e. The fraction of sp³-hybridized carbons (Fsp3) is 0.318. The maximum absolute atomic E-state index is 12.5. The van der Waals surface area contributed by atoms with Crippen molar-refractivity contribution < 1.29 is 24.2 Å². The summed E-state index contributed by atoms with van der Waals surface area (Å²) >= 11 is 0. The van der Waals surface area contributed by atoms with E-state index in [9.17, 15) is 19.5 Å². The van der Waals surface area contributed by atoms with Crippen LogP contribution in [-0.2, 0) is 16.0 Å². The van der Waals surface area contributed by atoms with E-state index in [0.717, 1.165) is 12.0 Å². The molecule has 29 heavy (non-hydrogen) atoms. The van der Waals surface area contributed by atoms with Gasteiger partial charge in [-0.2, -0.15) is 0 Å². The van der Waals surface area contributed by atoms with Gasteiger partial charge in [0.25, 0.3) is 11.8 Å². The Morgan fingerprint density at radius 1 is 1.17 bits per heavy atom. The predicted molar refractivity (Wildman–Crippen MR) is 108 cm³/mol. The number of anilines is 1. The topological polar surface area (TPSA) is 105 Å². The number of amides is 2. The Balaban J connectivity index is 1.58. The van der Waals surface area contributed by atoms with E-state index in [0.29, 0.717) is 29.8 Å². The number of para-hydroxylation sites is 1. The Morgan fingerprint density at radius 3 is 2.69 bits per heavy atom. The summed E-state index contributed by atoms with van der Waals surface area (Å²) in [5.41, 5.74) is 1.81.